The number of pyridine rings is 1. The molecule has 0 bridgehead atoms. The molecule has 1 aliphatic rings. The molecule has 0 spiro atoms. The summed E-state index contributed by atoms with van der Waals surface area (Å²) in [5, 5.41) is 0. The lowest BCUT2D eigenvalue weighted by atomic mass is 10.1. The van der Waals surface area contributed by atoms with E-state index in [-0.39, 0.29) is 0 Å². The Bertz CT molecular complexity index is 682. The predicted molar refractivity (Wildman–Crippen MR) is 88.9 cm³/mol. The third-order valence-corrected chi connectivity index (χ3v) is 4.29. The number of halogens is 1. The first-order chi connectivity index (χ1) is 10.2. The molecule has 0 N–H and O–H groups in total. The monoisotopic (exact) mass is 395 g/mol. The zero-order valence-corrected chi connectivity index (χ0v) is 13.8. The highest BCUT2D eigenvalue weighted by Gasteiger charge is 2.28. The van der Waals surface area contributed by atoms with Gasteiger partial charge in [-0.15, -0.1) is 0 Å². The highest BCUT2D eigenvalue weighted by atomic mass is 127. The summed E-state index contributed by atoms with van der Waals surface area (Å²) in [6.45, 7) is 0. The highest BCUT2D eigenvalue weighted by Crippen LogP contribution is 2.43. The van der Waals surface area contributed by atoms with E-state index in [1.807, 2.05) is 36.4 Å². The van der Waals surface area contributed by atoms with E-state index in [9.17, 15) is 0 Å². The van der Waals surface area contributed by atoms with Crippen LogP contribution in [0.3, 0.4) is 0 Å². The number of benzene rings is 1. The number of hydrogen-bond acceptors (Lipinski definition) is 4. The molecule has 21 heavy (non-hydrogen) atoms. The molecule has 1 aliphatic heterocycles. The Morgan fingerprint density at radius 3 is 2.57 bits per heavy atom. The van der Waals surface area contributed by atoms with E-state index in [0.717, 1.165) is 31.9 Å². The van der Waals surface area contributed by atoms with Gasteiger partial charge in [0.25, 0.3) is 0 Å². The van der Waals surface area contributed by atoms with Crippen LogP contribution in [-0.2, 0) is 9.47 Å². The molecule has 4 nitrogen and oxygen atoms in total. The molecule has 5 heteroatoms. The minimum absolute atomic E-state index is 0.440. The molecule has 3 rings (SSSR count). The van der Waals surface area contributed by atoms with E-state index in [1.165, 1.54) is 0 Å². The minimum Gasteiger partial charge on any atom is -0.497 e. The average Bonchev–Trinajstić information content (AvgIpc) is 2.56. The Labute approximate surface area is 136 Å². The van der Waals surface area contributed by atoms with Gasteiger partial charge in [-0.3, -0.25) is 4.98 Å². The Morgan fingerprint density at radius 2 is 1.90 bits per heavy atom. The molecule has 2 heterocycles. The van der Waals surface area contributed by atoms with Gasteiger partial charge in [0.1, 0.15) is 11.5 Å². The predicted octanol–water partition coefficient (Wildman–Crippen LogP) is 4.03. The molecular weight excluding hydrogens is 381 g/mol. The number of nitrogens with zero attached hydrogens (tertiary/aromatic N) is 1. The second-order valence-corrected chi connectivity index (χ2v) is 5.58. The van der Waals surface area contributed by atoms with Crippen LogP contribution in [0.4, 0.5) is 0 Å². The van der Waals surface area contributed by atoms with Crippen molar-refractivity contribution in [1.82, 2.24) is 4.98 Å². The molecule has 1 aromatic carbocycles. The van der Waals surface area contributed by atoms with Crippen molar-refractivity contribution >= 4 is 31.9 Å². The molecule has 1 atom stereocenters. The van der Waals surface area contributed by atoms with Gasteiger partial charge in [0.05, 0.1) is 16.4 Å². The maximum Gasteiger partial charge on any atom is 0.228 e. The third kappa shape index (κ3) is 2.63. The quantitative estimate of drug-likeness (QED) is 0.737. The summed E-state index contributed by atoms with van der Waals surface area (Å²) in [6.07, 6.45) is 1.34. The van der Waals surface area contributed by atoms with Crippen LogP contribution in [-0.4, -0.2) is 19.2 Å². The van der Waals surface area contributed by atoms with E-state index in [0.29, 0.717) is 0 Å². The van der Waals surface area contributed by atoms with Crippen molar-refractivity contribution in [2.45, 2.75) is 6.29 Å². The SMILES string of the molecule is COc1ccc(C2=C(I)c3ncccc3C(OC)O2)cc1. The lowest BCUT2D eigenvalue weighted by molar-refractivity contribution is -0.0769. The summed E-state index contributed by atoms with van der Waals surface area (Å²) in [4.78, 5) is 4.46. The molecule has 1 unspecified atom stereocenters. The summed E-state index contributed by atoms with van der Waals surface area (Å²) in [6, 6.07) is 11.6. The van der Waals surface area contributed by atoms with Gasteiger partial charge in [0.15, 0.2) is 0 Å². The third-order valence-electron chi connectivity index (χ3n) is 3.29. The molecule has 1 aromatic heterocycles. The number of ether oxygens (including phenoxy) is 3. The molecule has 108 valence electrons. The van der Waals surface area contributed by atoms with Crippen LogP contribution in [0.5, 0.6) is 5.75 Å². The van der Waals surface area contributed by atoms with Gasteiger partial charge in [-0.25, -0.2) is 0 Å². The van der Waals surface area contributed by atoms with E-state index in [1.54, 1.807) is 20.4 Å². The average molecular weight is 395 g/mol. The van der Waals surface area contributed by atoms with Gasteiger partial charge in [0, 0.05) is 24.4 Å². The van der Waals surface area contributed by atoms with Crippen molar-refractivity contribution in [2.24, 2.45) is 0 Å². The molecule has 0 aliphatic carbocycles. The lowest BCUT2D eigenvalue weighted by Crippen LogP contribution is -2.14. The number of aromatic nitrogens is 1. The zero-order valence-electron chi connectivity index (χ0n) is 11.7. The summed E-state index contributed by atoms with van der Waals surface area (Å²) >= 11 is 2.26. The maximum atomic E-state index is 6.00. The molecule has 0 fully saturated rings. The summed E-state index contributed by atoms with van der Waals surface area (Å²) < 4.78 is 17.6. The van der Waals surface area contributed by atoms with E-state index in [4.69, 9.17) is 14.2 Å². The van der Waals surface area contributed by atoms with Crippen molar-refractivity contribution in [3.05, 3.63) is 59.4 Å². The summed E-state index contributed by atoms with van der Waals surface area (Å²) in [7, 11) is 3.28. The van der Waals surface area contributed by atoms with Crippen molar-refractivity contribution in [3.63, 3.8) is 0 Å². The number of rotatable bonds is 3. The van der Waals surface area contributed by atoms with Crippen LogP contribution in [0.1, 0.15) is 23.1 Å². The maximum absolute atomic E-state index is 6.00. The second kappa shape index (κ2) is 6.03. The molecule has 0 amide bonds. The summed E-state index contributed by atoms with van der Waals surface area (Å²) in [5.41, 5.74) is 2.82. The Balaban J connectivity index is 2.09. The smallest absolute Gasteiger partial charge is 0.228 e. The van der Waals surface area contributed by atoms with E-state index in [2.05, 4.69) is 27.6 Å². The largest absolute Gasteiger partial charge is 0.497 e. The fraction of sp³-hybridized carbons (Fsp3) is 0.188. The number of fused-ring (bicyclic) bond motifs is 1. The van der Waals surface area contributed by atoms with E-state index >= 15 is 0 Å². The van der Waals surface area contributed by atoms with Crippen LogP contribution < -0.4 is 4.74 Å². The van der Waals surface area contributed by atoms with Gasteiger partial charge in [-0.2, -0.15) is 0 Å². The Morgan fingerprint density at radius 1 is 1.14 bits per heavy atom. The second-order valence-electron chi connectivity index (χ2n) is 4.50. The molecule has 0 saturated carbocycles. The molecule has 0 radical (unpaired) electrons. The van der Waals surface area contributed by atoms with Crippen molar-refractivity contribution in [3.8, 4) is 5.75 Å². The minimum atomic E-state index is -0.440. The Kier molecular flexibility index (Phi) is 4.12. The Hall–Kier alpha value is -1.60. The molecular formula is C16H14INO3. The van der Waals surface area contributed by atoms with Gasteiger partial charge in [0.2, 0.25) is 6.29 Å². The normalized spacial score (nSPS) is 17.2. The van der Waals surface area contributed by atoms with Gasteiger partial charge in [-0.1, -0.05) is 0 Å². The van der Waals surface area contributed by atoms with Gasteiger partial charge >= 0.3 is 0 Å². The highest BCUT2D eigenvalue weighted by molar-refractivity contribution is 14.1. The van der Waals surface area contributed by atoms with E-state index < -0.39 is 6.29 Å². The number of methoxy groups -OCH3 is 2. The first kappa shape index (κ1) is 14.3. The summed E-state index contributed by atoms with van der Waals surface area (Å²) in [5.74, 6) is 1.59. The van der Waals surface area contributed by atoms with Crippen molar-refractivity contribution in [2.75, 3.05) is 14.2 Å². The molecule has 2 aromatic rings. The number of hydrogen-bond donors (Lipinski definition) is 0. The van der Waals surface area contributed by atoms with Crippen LogP contribution in [0, 0.1) is 0 Å². The van der Waals surface area contributed by atoms with Gasteiger partial charge in [-0.05, 0) is 59.0 Å². The fourth-order valence-corrected chi connectivity index (χ4v) is 3.12. The van der Waals surface area contributed by atoms with Gasteiger partial charge < -0.3 is 14.2 Å². The lowest BCUT2D eigenvalue weighted by Gasteiger charge is -2.27. The zero-order chi connectivity index (χ0) is 14.8. The van der Waals surface area contributed by atoms with Crippen LogP contribution in [0.25, 0.3) is 9.34 Å². The van der Waals surface area contributed by atoms with Crippen molar-refractivity contribution < 1.29 is 14.2 Å². The van der Waals surface area contributed by atoms with Crippen LogP contribution in [0.15, 0.2) is 42.6 Å². The fourth-order valence-electron chi connectivity index (χ4n) is 2.23. The first-order valence-corrected chi connectivity index (χ1v) is 7.51. The molecule has 0 saturated heterocycles. The van der Waals surface area contributed by atoms with Crippen LogP contribution in [0.2, 0.25) is 0 Å². The van der Waals surface area contributed by atoms with Crippen molar-refractivity contribution in [1.29, 1.82) is 0 Å². The van der Waals surface area contributed by atoms with Crippen LogP contribution >= 0.6 is 22.6 Å². The standard InChI is InChI=1S/C16H14INO3/c1-19-11-7-5-10(6-8-11)15-13(17)14-12(4-3-9-18-14)16(20-2)21-15/h3-9,16H,1-2H3. The topological polar surface area (TPSA) is 40.6 Å². The first-order valence-electron chi connectivity index (χ1n) is 6.43.